The Labute approximate surface area is 106 Å². The van der Waals surface area contributed by atoms with Gasteiger partial charge in [-0.15, -0.1) is 0 Å². The maximum atomic E-state index is 1.96. The van der Waals surface area contributed by atoms with E-state index in [0.717, 1.165) is 12.1 Å². The van der Waals surface area contributed by atoms with Crippen LogP contribution in [0.4, 0.5) is 0 Å². The lowest BCUT2D eigenvalue weighted by Gasteiger charge is -2.38. The lowest BCUT2D eigenvalue weighted by Crippen LogP contribution is -3.31. The Morgan fingerprint density at radius 2 is 0.824 bits per heavy atom. The zero-order chi connectivity index (χ0) is 11.5. The van der Waals surface area contributed by atoms with Gasteiger partial charge in [0, 0.05) is 0 Å². The highest BCUT2D eigenvalue weighted by atomic mass is 15.3. The lowest BCUT2D eigenvalue weighted by molar-refractivity contribution is -1.03. The van der Waals surface area contributed by atoms with Crippen LogP contribution in [-0.4, -0.2) is 38.3 Å². The van der Waals surface area contributed by atoms with Crippen molar-refractivity contribution in [3.63, 3.8) is 0 Å². The number of quaternary nitrogens is 2. The van der Waals surface area contributed by atoms with Crippen LogP contribution >= 0.6 is 0 Å². The summed E-state index contributed by atoms with van der Waals surface area (Å²) in [6, 6.07) is 2.08. The first-order chi connectivity index (χ1) is 8.43. The second-order valence-corrected chi connectivity index (χ2v) is 6.63. The number of rotatable bonds is 2. The Morgan fingerprint density at radius 1 is 0.471 bits per heavy atom. The number of hydrogen-bond donors (Lipinski definition) is 2. The van der Waals surface area contributed by atoms with Gasteiger partial charge in [-0.05, 0) is 51.4 Å². The molecule has 0 aromatic carbocycles. The van der Waals surface area contributed by atoms with Gasteiger partial charge in [0.15, 0.2) is 0 Å². The van der Waals surface area contributed by atoms with Crippen LogP contribution < -0.4 is 9.80 Å². The van der Waals surface area contributed by atoms with Crippen molar-refractivity contribution in [1.29, 1.82) is 0 Å². The molecule has 0 aromatic rings. The van der Waals surface area contributed by atoms with Crippen LogP contribution in [0.2, 0.25) is 0 Å². The van der Waals surface area contributed by atoms with Crippen LogP contribution in [0, 0.1) is 0 Å². The SMILES string of the molecule is C1CCC([NH+]2CC[NH+](C3CCCC3)CC2)CC1. The van der Waals surface area contributed by atoms with Crippen molar-refractivity contribution in [1.82, 2.24) is 0 Å². The second kappa shape index (κ2) is 5.71. The fraction of sp³-hybridized carbons (Fsp3) is 1.00. The first-order valence-electron chi connectivity index (χ1n) is 8.12. The van der Waals surface area contributed by atoms with Crippen molar-refractivity contribution >= 4 is 0 Å². The Morgan fingerprint density at radius 3 is 1.24 bits per heavy atom. The monoisotopic (exact) mass is 238 g/mol. The normalized spacial score (nSPS) is 37.4. The number of piperazine rings is 1. The molecule has 3 aliphatic rings. The predicted octanol–water partition coefficient (Wildman–Crippen LogP) is 0.0451. The van der Waals surface area contributed by atoms with E-state index < -0.39 is 0 Å². The van der Waals surface area contributed by atoms with Gasteiger partial charge in [-0.3, -0.25) is 0 Å². The van der Waals surface area contributed by atoms with Crippen LogP contribution in [0.25, 0.3) is 0 Å². The smallest absolute Gasteiger partial charge is 0.127 e. The second-order valence-electron chi connectivity index (χ2n) is 6.63. The van der Waals surface area contributed by atoms with Crippen molar-refractivity contribution in [3.05, 3.63) is 0 Å². The average Bonchev–Trinajstić information content (AvgIpc) is 2.94. The van der Waals surface area contributed by atoms with Gasteiger partial charge in [0.1, 0.15) is 26.2 Å². The molecular weight excluding hydrogens is 208 g/mol. The molecule has 1 heterocycles. The third-order valence-corrected chi connectivity index (χ3v) is 5.65. The summed E-state index contributed by atoms with van der Waals surface area (Å²) in [6.07, 6.45) is 13.6. The third-order valence-electron chi connectivity index (χ3n) is 5.65. The van der Waals surface area contributed by atoms with E-state index in [9.17, 15) is 0 Å². The van der Waals surface area contributed by atoms with E-state index in [-0.39, 0.29) is 0 Å². The lowest BCUT2D eigenvalue weighted by atomic mass is 9.93. The summed E-state index contributed by atoms with van der Waals surface area (Å²) >= 11 is 0. The fourth-order valence-corrected chi connectivity index (χ4v) is 4.55. The highest BCUT2D eigenvalue weighted by Gasteiger charge is 2.34. The molecule has 0 unspecified atom stereocenters. The van der Waals surface area contributed by atoms with Crippen LogP contribution in [-0.2, 0) is 0 Å². The van der Waals surface area contributed by atoms with E-state index in [2.05, 4.69) is 0 Å². The molecule has 2 saturated carbocycles. The maximum absolute atomic E-state index is 1.96. The van der Waals surface area contributed by atoms with Gasteiger partial charge in [-0.2, -0.15) is 0 Å². The van der Waals surface area contributed by atoms with E-state index in [1.54, 1.807) is 0 Å². The molecule has 0 aromatic heterocycles. The fourth-order valence-electron chi connectivity index (χ4n) is 4.55. The molecule has 2 aliphatic carbocycles. The molecule has 2 N–H and O–H groups in total. The van der Waals surface area contributed by atoms with Crippen molar-refractivity contribution in [3.8, 4) is 0 Å². The van der Waals surface area contributed by atoms with E-state index in [1.807, 2.05) is 9.80 Å². The standard InChI is InChI=1S/C15H28N2/c1-2-6-14(7-3-1)16-10-12-17(13-11-16)15-8-4-5-9-15/h14-15H,1-13H2/p+2. The molecule has 2 nitrogen and oxygen atoms in total. The molecule has 0 bridgehead atoms. The summed E-state index contributed by atoms with van der Waals surface area (Å²) in [5, 5.41) is 0. The zero-order valence-electron chi connectivity index (χ0n) is 11.3. The molecule has 3 fully saturated rings. The van der Waals surface area contributed by atoms with Gasteiger partial charge in [0.2, 0.25) is 0 Å². The quantitative estimate of drug-likeness (QED) is 0.672. The molecule has 0 amide bonds. The topological polar surface area (TPSA) is 8.88 Å². The van der Waals surface area contributed by atoms with Crippen molar-refractivity contribution in [2.45, 2.75) is 69.9 Å². The molecule has 1 aliphatic heterocycles. The minimum absolute atomic E-state index is 1.04. The highest BCUT2D eigenvalue weighted by Crippen LogP contribution is 2.16. The van der Waals surface area contributed by atoms with Gasteiger partial charge in [-0.25, -0.2) is 0 Å². The predicted molar refractivity (Wildman–Crippen MR) is 70.5 cm³/mol. The highest BCUT2D eigenvalue weighted by molar-refractivity contribution is 4.67. The van der Waals surface area contributed by atoms with Gasteiger partial charge >= 0.3 is 0 Å². The van der Waals surface area contributed by atoms with Crippen LogP contribution in [0.5, 0.6) is 0 Å². The van der Waals surface area contributed by atoms with Crippen molar-refractivity contribution in [2.24, 2.45) is 0 Å². The summed E-state index contributed by atoms with van der Waals surface area (Å²) in [7, 11) is 0. The van der Waals surface area contributed by atoms with Crippen LogP contribution in [0.3, 0.4) is 0 Å². The van der Waals surface area contributed by atoms with Gasteiger partial charge in [-0.1, -0.05) is 6.42 Å². The third kappa shape index (κ3) is 2.85. The molecule has 0 atom stereocenters. The number of nitrogens with one attached hydrogen (secondary N) is 2. The Kier molecular flexibility index (Phi) is 4.02. The van der Waals surface area contributed by atoms with E-state index in [0.29, 0.717) is 0 Å². The molecule has 3 rings (SSSR count). The Hall–Kier alpha value is -0.0800. The summed E-state index contributed by atoms with van der Waals surface area (Å²) in [4.78, 5) is 3.92. The Balaban J connectivity index is 1.46. The van der Waals surface area contributed by atoms with Crippen molar-refractivity contribution < 1.29 is 9.80 Å². The van der Waals surface area contributed by atoms with Crippen LogP contribution in [0.1, 0.15) is 57.8 Å². The first-order valence-corrected chi connectivity index (χ1v) is 8.12. The van der Waals surface area contributed by atoms with Crippen LogP contribution in [0.15, 0.2) is 0 Å². The summed E-state index contributed by atoms with van der Waals surface area (Å²) in [5.41, 5.74) is 0. The molecule has 98 valence electrons. The summed E-state index contributed by atoms with van der Waals surface area (Å²) in [5.74, 6) is 0. The van der Waals surface area contributed by atoms with E-state index in [4.69, 9.17) is 0 Å². The molecule has 0 spiro atoms. The summed E-state index contributed by atoms with van der Waals surface area (Å²) in [6.45, 7) is 5.88. The van der Waals surface area contributed by atoms with Gasteiger partial charge in [0.25, 0.3) is 0 Å². The molecule has 2 heteroatoms. The van der Waals surface area contributed by atoms with E-state index >= 15 is 0 Å². The minimum Gasteiger partial charge on any atom is -0.323 e. The minimum atomic E-state index is 1.04. The first kappa shape index (κ1) is 12.0. The average molecular weight is 238 g/mol. The number of hydrogen-bond acceptors (Lipinski definition) is 0. The van der Waals surface area contributed by atoms with Crippen molar-refractivity contribution in [2.75, 3.05) is 26.2 Å². The van der Waals surface area contributed by atoms with Gasteiger partial charge in [0.05, 0.1) is 12.1 Å². The largest absolute Gasteiger partial charge is 0.323 e. The maximum Gasteiger partial charge on any atom is 0.127 e. The molecule has 17 heavy (non-hydrogen) atoms. The zero-order valence-corrected chi connectivity index (χ0v) is 11.3. The molecule has 0 radical (unpaired) electrons. The Bertz CT molecular complexity index is 221. The molecule has 1 saturated heterocycles. The van der Waals surface area contributed by atoms with Gasteiger partial charge < -0.3 is 9.80 Å². The molecular formula is C15H30N2+2. The summed E-state index contributed by atoms with van der Waals surface area (Å²) < 4.78 is 0. The van der Waals surface area contributed by atoms with E-state index in [1.165, 1.54) is 84.0 Å².